The first kappa shape index (κ1) is 20.9. The first-order valence-electron chi connectivity index (χ1n) is 10.5. The maximum atomic E-state index is 12.8. The Labute approximate surface area is 178 Å². The lowest BCUT2D eigenvalue weighted by molar-refractivity contribution is 0.0942. The molecular formula is C23H28N2O4S. The summed E-state index contributed by atoms with van der Waals surface area (Å²) in [7, 11) is -1.84. The highest BCUT2D eigenvalue weighted by Crippen LogP contribution is 2.44. The molecule has 0 bridgehead atoms. The van der Waals surface area contributed by atoms with E-state index < -0.39 is 10.0 Å². The summed E-state index contributed by atoms with van der Waals surface area (Å²) in [5.41, 5.74) is 1.45. The van der Waals surface area contributed by atoms with E-state index >= 15 is 0 Å². The van der Waals surface area contributed by atoms with E-state index in [2.05, 4.69) is 16.1 Å². The number of benzene rings is 2. The standard InChI is InChI=1S/C23H28N2O4S/c1-29-21-7-3-2-6-20(21)23(14-4-5-15-23)16-24-22(26)17-8-12-19(13-9-17)30(27,28)25-18-10-11-18/h2-3,6-9,12-13,18,25H,4-5,10-11,14-16H2,1H3,(H,24,26). The first-order valence-corrected chi connectivity index (χ1v) is 12.0. The van der Waals surface area contributed by atoms with Gasteiger partial charge in [-0.1, -0.05) is 31.0 Å². The van der Waals surface area contributed by atoms with Crippen molar-refractivity contribution in [3.8, 4) is 5.75 Å². The lowest BCUT2D eigenvalue weighted by Gasteiger charge is -2.31. The second-order valence-corrected chi connectivity index (χ2v) is 10.0. The molecule has 0 heterocycles. The highest BCUT2D eigenvalue weighted by molar-refractivity contribution is 7.89. The van der Waals surface area contributed by atoms with Gasteiger partial charge in [0, 0.05) is 29.1 Å². The molecule has 2 fully saturated rings. The normalized spacial score (nSPS) is 18.2. The van der Waals surface area contributed by atoms with Crippen molar-refractivity contribution in [1.82, 2.24) is 10.0 Å². The molecule has 2 aromatic carbocycles. The lowest BCUT2D eigenvalue weighted by atomic mass is 9.78. The average molecular weight is 429 g/mol. The van der Waals surface area contributed by atoms with Crippen molar-refractivity contribution in [3.05, 3.63) is 59.7 Å². The molecule has 0 spiro atoms. The van der Waals surface area contributed by atoms with E-state index in [1.54, 1.807) is 19.2 Å². The summed E-state index contributed by atoms with van der Waals surface area (Å²) in [5.74, 6) is 0.654. The summed E-state index contributed by atoms with van der Waals surface area (Å²) in [6.45, 7) is 0.523. The van der Waals surface area contributed by atoms with Gasteiger partial charge in [0.05, 0.1) is 12.0 Å². The van der Waals surface area contributed by atoms with Crippen molar-refractivity contribution in [3.63, 3.8) is 0 Å². The van der Waals surface area contributed by atoms with Gasteiger partial charge in [0.1, 0.15) is 5.75 Å². The number of ether oxygens (including phenoxy) is 1. The maximum Gasteiger partial charge on any atom is 0.251 e. The molecule has 1 amide bonds. The van der Waals surface area contributed by atoms with Crippen molar-refractivity contribution < 1.29 is 17.9 Å². The number of nitrogens with one attached hydrogen (secondary N) is 2. The van der Waals surface area contributed by atoms with E-state index in [0.717, 1.165) is 49.8 Å². The van der Waals surface area contributed by atoms with Crippen LogP contribution in [-0.2, 0) is 15.4 Å². The first-order chi connectivity index (χ1) is 14.4. The topological polar surface area (TPSA) is 84.5 Å². The van der Waals surface area contributed by atoms with Crippen LogP contribution in [-0.4, -0.2) is 34.0 Å². The van der Waals surface area contributed by atoms with Gasteiger partial charge in [0.2, 0.25) is 10.0 Å². The molecular weight excluding hydrogens is 400 g/mol. The third-order valence-electron chi connectivity index (χ3n) is 6.15. The Morgan fingerprint density at radius 2 is 1.73 bits per heavy atom. The second-order valence-electron chi connectivity index (χ2n) is 8.29. The number of carbonyl (C=O) groups excluding carboxylic acids is 1. The van der Waals surface area contributed by atoms with Gasteiger partial charge in [0.25, 0.3) is 5.91 Å². The SMILES string of the molecule is COc1ccccc1C1(CNC(=O)c2ccc(S(=O)(=O)NC3CC3)cc2)CCCC1. The molecule has 0 radical (unpaired) electrons. The third kappa shape index (κ3) is 4.37. The number of carbonyl (C=O) groups is 1. The quantitative estimate of drug-likeness (QED) is 0.675. The highest BCUT2D eigenvalue weighted by atomic mass is 32.2. The Balaban J connectivity index is 1.46. The Kier molecular flexibility index (Phi) is 5.84. The lowest BCUT2D eigenvalue weighted by Crippen LogP contribution is -2.39. The van der Waals surface area contributed by atoms with E-state index in [9.17, 15) is 13.2 Å². The number of rotatable bonds is 8. The summed E-state index contributed by atoms with van der Waals surface area (Å²) in [6, 6.07) is 14.2. The molecule has 2 aromatic rings. The number of hydrogen-bond acceptors (Lipinski definition) is 4. The van der Waals surface area contributed by atoms with Crippen LogP contribution in [0.25, 0.3) is 0 Å². The molecule has 6 nitrogen and oxygen atoms in total. The van der Waals surface area contributed by atoms with Crippen LogP contribution in [0.3, 0.4) is 0 Å². The fraction of sp³-hybridized carbons (Fsp3) is 0.435. The van der Waals surface area contributed by atoms with Crippen LogP contribution in [0.15, 0.2) is 53.4 Å². The van der Waals surface area contributed by atoms with Crippen LogP contribution >= 0.6 is 0 Å². The van der Waals surface area contributed by atoms with Gasteiger partial charge in [-0.25, -0.2) is 13.1 Å². The predicted octanol–water partition coefficient (Wildman–Crippen LogP) is 3.38. The van der Waals surface area contributed by atoms with Crippen LogP contribution in [0.4, 0.5) is 0 Å². The largest absolute Gasteiger partial charge is 0.496 e. The van der Waals surface area contributed by atoms with Gasteiger partial charge < -0.3 is 10.1 Å². The molecule has 30 heavy (non-hydrogen) atoms. The number of methoxy groups -OCH3 is 1. The van der Waals surface area contributed by atoms with Crippen molar-refractivity contribution in [2.75, 3.05) is 13.7 Å². The van der Waals surface area contributed by atoms with E-state index in [1.165, 1.54) is 12.1 Å². The minimum absolute atomic E-state index is 0.0514. The van der Waals surface area contributed by atoms with Gasteiger partial charge in [-0.2, -0.15) is 0 Å². The molecule has 0 aliphatic heterocycles. The highest BCUT2D eigenvalue weighted by Gasteiger charge is 2.38. The minimum Gasteiger partial charge on any atom is -0.496 e. The number of hydrogen-bond donors (Lipinski definition) is 2. The van der Waals surface area contributed by atoms with Crippen LogP contribution in [0, 0.1) is 0 Å². The monoisotopic (exact) mass is 428 g/mol. The van der Waals surface area contributed by atoms with Crippen molar-refractivity contribution in [1.29, 1.82) is 0 Å². The van der Waals surface area contributed by atoms with Crippen molar-refractivity contribution in [2.24, 2.45) is 0 Å². The van der Waals surface area contributed by atoms with Crippen molar-refractivity contribution in [2.45, 2.75) is 54.9 Å². The van der Waals surface area contributed by atoms with Crippen LogP contribution in [0.5, 0.6) is 5.75 Å². The summed E-state index contributed by atoms with van der Waals surface area (Å²) < 4.78 is 32.8. The van der Waals surface area contributed by atoms with E-state index in [-0.39, 0.29) is 22.3 Å². The molecule has 0 saturated heterocycles. The molecule has 2 aliphatic carbocycles. The van der Waals surface area contributed by atoms with Gasteiger partial charge in [0.15, 0.2) is 0 Å². The van der Waals surface area contributed by atoms with E-state index in [4.69, 9.17) is 4.74 Å². The van der Waals surface area contributed by atoms with Gasteiger partial charge >= 0.3 is 0 Å². The predicted molar refractivity (Wildman–Crippen MR) is 115 cm³/mol. The summed E-state index contributed by atoms with van der Waals surface area (Å²) in [4.78, 5) is 13.0. The van der Waals surface area contributed by atoms with Gasteiger partial charge in [-0.3, -0.25) is 4.79 Å². The maximum absolute atomic E-state index is 12.8. The van der Waals surface area contributed by atoms with Crippen LogP contribution in [0.2, 0.25) is 0 Å². The Bertz CT molecular complexity index is 1010. The minimum atomic E-state index is -3.51. The Morgan fingerprint density at radius 1 is 1.07 bits per heavy atom. The fourth-order valence-electron chi connectivity index (χ4n) is 4.30. The average Bonchev–Trinajstić information content (AvgIpc) is 3.44. The molecule has 0 atom stereocenters. The molecule has 4 rings (SSSR count). The molecule has 2 saturated carbocycles. The summed E-state index contributed by atoms with van der Waals surface area (Å²) in [6.07, 6.45) is 6.00. The molecule has 7 heteroatoms. The second kappa shape index (κ2) is 8.40. The smallest absolute Gasteiger partial charge is 0.251 e. The van der Waals surface area contributed by atoms with Crippen LogP contribution < -0.4 is 14.8 Å². The third-order valence-corrected chi connectivity index (χ3v) is 7.69. The molecule has 0 aromatic heterocycles. The van der Waals surface area contributed by atoms with E-state index in [1.807, 2.05) is 18.2 Å². The molecule has 160 valence electrons. The zero-order valence-electron chi connectivity index (χ0n) is 17.2. The van der Waals surface area contributed by atoms with E-state index in [0.29, 0.717) is 12.1 Å². The summed E-state index contributed by atoms with van der Waals surface area (Å²) in [5, 5.41) is 3.07. The van der Waals surface area contributed by atoms with Gasteiger partial charge in [-0.15, -0.1) is 0 Å². The Hall–Kier alpha value is -2.38. The van der Waals surface area contributed by atoms with Gasteiger partial charge in [-0.05, 0) is 56.0 Å². The van der Waals surface area contributed by atoms with Crippen LogP contribution in [0.1, 0.15) is 54.4 Å². The molecule has 0 unspecified atom stereocenters. The molecule has 2 N–H and O–H groups in total. The van der Waals surface area contributed by atoms with Crippen molar-refractivity contribution >= 4 is 15.9 Å². The Morgan fingerprint density at radius 3 is 2.37 bits per heavy atom. The number of amides is 1. The fourth-order valence-corrected chi connectivity index (χ4v) is 5.61. The molecule has 2 aliphatic rings. The zero-order valence-corrected chi connectivity index (χ0v) is 18.0. The zero-order chi connectivity index (χ0) is 21.2. The number of para-hydroxylation sites is 1. The number of sulfonamides is 1. The summed E-state index contributed by atoms with van der Waals surface area (Å²) >= 11 is 0.